The zero-order chi connectivity index (χ0) is 18.0. The lowest BCUT2D eigenvalue weighted by Gasteiger charge is -2.18. The summed E-state index contributed by atoms with van der Waals surface area (Å²) in [5.41, 5.74) is 0. The van der Waals surface area contributed by atoms with Crippen molar-refractivity contribution in [1.29, 1.82) is 0 Å². The number of urea groups is 1. The Morgan fingerprint density at radius 2 is 1.61 bits per heavy atom. The fourth-order valence-corrected chi connectivity index (χ4v) is 1.85. The van der Waals surface area contributed by atoms with E-state index >= 15 is 0 Å². The van der Waals surface area contributed by atoms with Gasteiger partial charge in [-0.3, -0.25) is 9.59 Å². The number of carboxylic acids is 1. The molecule has 0 saturated heterocycles. The molecule has 0 aliphatic rings. The van der Waals surface area contributed by atoms with Crippen LogP contribution in [0.1, 0.15) is 26.7 Å². The molecule has 0 radical (unpaired) electrons. The fourth-order valence-electron chi connectivity index (χ4n) is 1.55. The molecule has 0 aliphatic heterocycles. The van der Waals surface area contributed by atoms with Gasteiger partial charge in [-0.1, -0.05) is 0 Å². The number of ketones is 2. The van der Waals surface area contributed by atoms with Crippen molar-refractivity contribution in [2.24, 2.45) is 0 Å². The molecule has 0 aromatic carbocycles. The first-order valence-electron chi connectivity index (χ1n) is 6.84. The first-order valence-corrected chi connectivity index (χ1v) is 7.47. The van der Waals surface area contributed by atoms with E-state index in [2.05, 4.69) is 28.6 Å². The van der Waals surface area contributed by atoms with Crippen LogP contribution in [-0.2, 0) is 19.2 Å². The molecule has 0 aromatic heterocycles. The second-order valence-corrected chi connectivity index (χ2v) is 5.21. The third-order valence-corrected chi connectivity index (χ3v) is 3.11. The Labute approximate surface area is 139 Å². The van der Waals surface area contributed by atoms with Crippen LogP contribution in [0.15, 0.2) is 0 Å². The highest BCUT2D eigenvalue weighted by Gasteiger charge is 2.22. The van der Waals surface area contributed by atoms with Gasteiger partial charge in [0.2, 0.25) is 5.91 Å². The summed E-state index contributed by atoms with van der Waals surface area (Å²) in [6.45, 7) is 2.17. The minimum absolute atomic E-state index is 0.00944. The van der Waals surface area contributed by atoms with Gasteiger partial charge in [-0.25, -0.2) is 9.59 Å². The van der Waals surface area contributed by atoms with Gasteiger partial charge in [-0.15, -0.1) is 0 Å². The number of aliphatic carboxylic acids is 1. The zero-order valence-electron chi connectivity index (χ0n) is 12.9. The summed E-state index contributed by atoms with van der Waals surface area (Å²) in [6.07, 6.45) is 0.0700. The molecular formula is C13H21N3O6S. The predicted octanol–water partition coefficient (Wildman–Crippen LogP) is -0.888. The molecule has 0 aromatic rings. The highest BCUT2D eigenvalue weighted by molar-refractivity contribution is 7.80. The minimum atomic E-state index is -1.30. The maximum absolute atomic E-state index is 11.8. The molecule has 0 spiro atoms. The standard InChI is InChI=1S/C13H21N3O6S/c1-7(17)3-4-11(19)10(6-23)16-13(22)14-5-9(12(20)21)15-8(2)18/h9-10,23H,3-6H2,1-2H3,(H,15,18)(H,20,21)(H2,14,16,22)/t9-,10-/m0/s1. The maximum atomic E-state index is 11.8. The van der Waals surface area contributed by atoms with Crippen LogP contribution in [0, 0.1) is 0 Å². The molecule has 130 valence electrons. The van der Waals surface area contributed by atoms with Crippen molar-refractivity contribution in [3.63, 3.8) is 0 Å². The van der Waals surface area contributed by atoms with Crippen molar-refractivity contribution in [3.8, 4) is 0 Å². The smallest absolute Gasteiger partial charge is 0.328 e. The number of carboxylic acid groups (broad SMARTS) is 1. The zero-order valence-corrected chi connectivity index (χ0v) is 13.8. The Bertz CT molecular complexity index is 482. The van der Waals surface area contributed by atoms with Crippen LogP contribution in [0.3, 0.4) is 0 Å². The molecule has 0 aliphatic carbocycles. The summed E-state index contributed by atoms with van der Waals surface area (Å²) >= 11 is 3.96. The Hall–Kier alpha value is -2.10. The van der Waals surface area contributed by atoms with E-state index in [4.69, 9.17) is 5.11 Å². The molecule has 4 N–H and O–H groups in total. The van der Waals surface area contributed by atoms with E-state index in [-0.39, 0.29) is 36.7 Å². The fraction of sp³-hybridized carbons (Fsp3) is 0.615. The molecule has 0 fully saturated rings. The van der Waals surface area contributed by atoms with E-state index in [1.807, 2.05) is 0 Å². The van der Waals surface area contributed by atoms with Crippen LogP contribution in [0.25, 0.3) is 0 Å². The molecule has 0 bridgehead atoms. The molecular weight excluding hydrogens is 326 g/mol. The SMILES string of the molecule is CC(=O)CCC(=O)[C@H](CS)NC(=O)NC[C@H](NC(C)=O)C(=O)O. The Kier molecular flexibility index (Phi) is 9.63. The number of hydrogen-bond donors (Lipinski definition) is 5. The normalized spacial score (nSPS) is 12.7. The Morgan fingerprint density at radius 1 is 1.00 bits per heavy atom. The van der Waals surface area contributed by atoms with Gasteiger partial charge in [0.05, 0.1) is 12.6 Å². The molecule has 0 heterocycles. The van der Waals surface area contributed by atoms with Crippen molar-refractivity contribution in [2.75, 3.05) is 12.3 Å². The molecule has 0 unspecified atom stereocenters. The number of hydrogen-bond acceptors (Lipinski definition) is 6. The lowest BCUT2D eigenvalue weighted by atomic mass is 10.1. The molecule has 3 amide bonds. The average molecular weight is 347 g/mol. The molecule has 0 rings (SSSR count). The average Bonchev–Trinajstić information content (AvgIpc) is 2.45. The molecule has 9 nitrogen and oxygen atoms in total. The van der Waals surface area contributed by atoms with Gasteiger partial charge in [0.1, 0.15) is 11.8 Å². The van der Waals surface area contributed by atoms with Crippen LogP contribution < -0.4 is 16.0 Å². The first kappa shape index (κ1) is 20.9. The number of rotatable bonds is 10. The number of carbonyl (C=O) groups excluding carboxylic acids is 4. The minimum Gasteiger partial charge on any atom is -0.480 e. The maximum Gasteiger partial charge on any atom is 0.328 e. The Morgan fingerprint density at radius 3 is 2.04 bits per heavy atom. The van der Waals surface area contributed by atoms with Gasteiger partial charge in [-0.05, 0) is 6.92 Å². The number of thiol groups is 1. The number of amides is 3. The number of nitrogens with one attached hydrogen (secondary N) is 3. The summed E-state index contributed by atoms with van der Waals surface area (Å²) in [5, 5.41) is 15.6. The monoisotopic (exact) mass is 347 g/mol. The summed E-state index contributed by atoms with van der Waals surface area (Å²) in [4.78, 5) is 56.1. The van der Waals surface area contributed by atoms with Crippen molar-refractivity contribution < 1.29 is 29.1 Å². The molecule has 0 saturated carbocycles. The van der Waals surface area contributed by atoms with E-state index in [0.29, 0.717) is 0 Å². The summed E-state index contributed by atoms with van der Waals surface area (Å²) in [6, 6.07) is -2.93. The number of Topliss-reactive ketones (excluding diaryl/α,β-unsaturated/α-hetero) is 2. The molecule has 2 atom stereocenters. The van der Waals surface area contributed by atoms with E-state index in [0.717, 1.165) is 6.92 Å². The highest BCUT2D eigenvalue weighted by Crippen LogP contribution is 1.99. The van der Waals surface area contributed by atoms with Crippen LogP contribution >= 0.6 is 12.6 Å². The summed E-state index contributed by atoms with van der Waals surface area (Å²) < 4.78 is 0. The van der Waals surface area contributed by atoms with Gasteiger partial charge in [0.15, 0.2) is 5.78 Å². The van der Waals surface area contributed by atoms with E-state index in [9.17, 15) is 24.0 Å². The van der Waals surface area contributed by atoms with E-state index in [1.54, 1.807) is 0 Å². The van der Waals surface area contributed by atoms with Gasteiger partial charge in [0, 0.05) is 25.5 Å². The van der Waals surface area contributed by atoms with Gasteiger partial charge < -0.3 is 25.9 Å². The summed E-state index contributed by atoms with van der Waals surface area (Å²) in [7, 11) is 0. The quantitative estimate of drug-likeness (QED) is 0.325. The summed E-state index contributed by atoms with van der Waals surface area (Å²) in [5.74, 6) is -2.29. The van der Waals surface area contributed by atoms with Crippen molar-refractivity contribution in [1.82, 2.24) is 16.0 Å². The third kappa shape index (κ3) is 9.51. The van der Waals surface area contributed by atoms with Crippen LogP contribution in [0.2, 0.25) is 0 Å². The lowest BCUT2D eigenvalue weighted by Crippen LogP contribution is -2.52. The third-order valence-electron chi connectivity index (χ3n) is 2.74. The molecule has 10 heteroatoms. The van der Waals surface area contributed by atoms with Crippen molar-refractivity contribution in [2.45, 2.75) is 38.8 Å². The van der Waals surface area contributed by atoms with Crippen molar-refractivity contribution in [3.05, 3.63) is 0 Å². The lowest BCUT2D eigenvalue weighted by molar-refractivity contribution is -0.141. The second-order valence-electron chi connectivity index (χ2n) is 4.85. The number of carbonyl (C=O) groups is 5. The highest BCUT2D eigenvalue weighted by atomic mass is 32.1. The van der Waals surface area contributed by atoms with Crippen LogP contribution in [0.5, 0.6) is 0 Å². The van der Waals surface area contributed by atoms with Crippen LogP contribution in [0.4, 0.5) is 4.79 Å². The first-order chi connectivity index (χ1) is 10.7. The molecule has 23 heavy (non-hydrogen) atoms. The van der Waals surface area contributed by atoms with Gasteiger partial charge >= 0.3 is 12.0 Å². The largest absolute Gasteiger partial charge is 0.480 e. The van der Waals surface area contributed by atoms with E-state index < -0.39 is 30.0 Å². The second kappa shape index (κ2) is 10.6. The Balaban J connectivity index is 4.43. The topological polar surface area (TPSA) is 142 Å². The van der Waals surface area contributed by atoms with Crippen LogP contribution in [-0.4, -0.2) is 59.0 Å². The van der Waals surface area contributed by atoms with Crippen molar-refractivity contribution >= 4 is 42.1 Å². The van der Waals surface area contributed by atoms with E-state index in [1.165, 1.54) is 6.92 Å². The van der Waals surface area contributed by atoms with Gasteiger partial charge in [0.25, 0.3) is 0 Å². The van der Waals surface area contributed by atoms with Gasteiger partial charge in [-0.2, -0.15) is 12.6 Å². The predicted molar refractivity (Wildman–Crippen MR) is 84.3 cm³/mol.